The zero-order valence-corrected chi connectivity index (χ0v) is 21.5. The summed E-state index contributed by atoms with van der Waals surface area (Å²) in [5.41, 5.74) is 18.9. The maximum absolute atomic E-state index is 11.6. The van der Waals surface area contributed by atoms with E-state index in [1.54, 1.807) is 0 Å². The van der Waals surface area contributed by atoms with Gasteiger partial charge in [-0.1, -0.05) is 0 Å². The first-order valence-electron chi connectivity index (χ1n) is 13.3. The molecule has 0 aromatic carbocycles. The van der Waals surface area contributed by atoms with Crippen molar-refractivity contribution in [1.82, 2.24) is 10.6 Å². The molecule has 3 aliphatic rings. The lowest BCUT2D eigenvalue weighted by Gasteiger charge is -2.51. The molecule has 15 heteroatoms. The van der Waals surface area contributed by atoms with Gasteiger partial charge in [-0.2, -0.15) is 0 Å². The Hall–Kier alpha value is -0.600. The summed E-state index contributed by atoms with van der Waals surface area (Å²) in [6.45, 7) is -0.453. The fraction of sp³-hybridized carbons (Fsp3) is 1.00. The Labute approximate surface area is 222 Å². The standard InChI is InChI=1S/C23H47N5O10/c24-12-2-1-11(6-27-3-4-29)36-21(12)16-13(25)5-14(28-10(7-30)8-31)22(19(16)34)38-23-20(35)17(26)18(33)15(9-32)37-23/h10-23,27-35H,1-9,24-26H2/t11-,12+,13-,14+,15+,16?,17-,18+,19-,20+,21-,22-,23+/m0/s1. The molecule has 1 unspecified atom stereocenters. The molecule has 0 amide bonds. The van der Waals surface area contributed by atoms with Gasteiger partial charge in [-0.15, -0.1) is 0 Å². The Balaban J connectivity index is 1.83. The van der Waals surface area contributed by atoms with E-state index in [9.17, 15) is 30.6 Å². The third-order valence-electron chi connectivity index (χ3n) is 7.90. The van der Waals surface area contributed by atoms with Crippen LogP contribution >= 0.6 is 0 Å². The number of nitrogens with one attached hydrogen (secondary N) is 2. The van der Waals surface area contributed by atoms with E-state index in [0.29, 0.717) is 25.9 Å². The van der Waals surface area contributed by atoms with Crippen LogP contribution in [0.4, 0.5) is 0 Å². The first kappa shape index (κ1) is 31.9. The molecule has 2 aliphatic heterocycles. The Kier molecular flexibility index (Phi) is 12.5. The average molecular weight is 554 g/mol. The lowest BCUT2D eigenvalue weighted by molar-refractivity contribution is -0.306. The molecule has 15 N–H and O–H groups in total. The average Bonchev–Trinajstić information content (AvgIpc) is 2.90. The predicted octanol–water partition coefficient (Wildman–Crippen LogP) is -6.39. The predicted molar refractivity (Wildman–Crippen MR) is 133 cm³/mol. The molecule has 2 saturated heterocycles. The topological polar surface area (TPSA) is 271 Å². The molecule has 0 aromatic rings. The summed E-state index contributed by atoms with van der Waals surface area (Å²) in [6.07, 6.45) is -6.95. The first-order valence-corrected chi connectivity index (χ1v) is 13.3. The van der Waals surface area contributed by atoms with Gasteiger partial charge in [-0.25, -0.2) is 0 Å². The van der Waals surface area contributed by atoms with Crippen LogP contribution in [0.25, 0.3) is 0 Å². The second-order valence-electron chi connectivity index (χ2n) is 10.6. The van der Waals surface area contributed by atoms with Gasteiger partial charge in [0.25, 0.3) is 0 Å². The largest absolute Gasteiger partial charge is 0.395 e. The number of aliphatic hydroxyl groups is 7. The van der Waals surface area contributed by atoms with Crippen molar-refractivity contribution < 1.29 is 50.0 Å². The second-order valence-corrected chi connectivity index (χ2v) is 10.6. The van der Waals surface area contributed by atoms with Crippen LogP contribution in [0.2, 0.25) is 0 Å². The van der Waals surface area contributed by atoms with Crippen molar-refractivity contribution >= 4 is 0 Å². The summed E-state index contributed by atoms with van der Waals surface area (Å²) in [6, 6.07) is -3.62. The molecule has 224 valence electrons. The van der Waals surface area contributed by atoms with Gasteiger partial charge >= 0.3 is 0 Å². The van der Waals surface area contributed by atoms with Crippen molar-refractivity contribution in [2.45, 2.75) is 98.5 Å². The Morgan fingerprint density at radius 1 is 0.895 bits per heavy atom. The maximum Gasteiger partial charge on any atom is 0.186 e. The van der Waals surface area contributed by atoms with Crippen LogP contribution in [0.3, 0.4) is 0 Å². The molecule has 0 bridgehead atoms. The molecule has 0 aromatic heterocycles. The van der Waals surface area contributed by atoms with Gasteiger partial charge in [0.05, 0.1) is 56.8 Å². The van der Waals surface area contributed by atoms with Crippen LogP contribution in [0.15, 0.2) is 0 Å². The van der Waals surface area contributed by atoms with Crippen molar-refractivity contribution in [1.29, 1.82) is 0 Å². The monoisotopic (exact) mass is 553 g/mol. The molecule has 1 saturated carbocycles. The van der Waals surface area contributed by atoms with Crippen molar-refractivity contribution in [3.8, 4) is 0 Å². The molecule has 0 radical (unpaired) electrons. The van der Waals surface area contributed by atoms with Gasteiger partial charge in [0.1, 0.15) is 24.4 Å². The zero-order valence-electron chi connectivity index (χ0n) is 21.5. The number of nitrogens with two attached hydrogens (primary N) is 3. The fourth-order valence-corrected chi connectivity index (χ4v) is 5.72. The number of hydrogen-bond acceptors (Lipinski definition) is 15. The molecule has 1 aliphatic carbocycles. The molecule has 0 spiro atoms. The van der Waals surface area contributed by atoms with Crippen LogP contribution in [-0.2, 0) is 14.2 Å². The van der Waals surface area contributed by atoms with E-state index < -0.39 is 85.6 Å². The number of ether oxygens (including phenoxy) is 3. The number of rotatable bonds is 12. The molecular formula is C23H47N5O10. The van der Waals surface area contributed by atoms with Crippen LogP contribution in [0.1, 0.15) is 19.3 Å². The minimum absolute atomic E-state index is 0.00906. The molecular weight excluding hydrogens is 506 g/mol. The smallest absolute Gasteiger partial charge is 0.186 e. The van der Waals surface area contributed by atoms with E-state index in [1.165, 1.54) is 0 Å². The minimum Gasteiger partial charge on any atom is -0.395 e. The van der Waals surface area contributed by atoms with Gasteiger partial charge in [-0.05, 0) is 19.3 Å². The van der Waals surface area contributed by atoms with Crippen molar-refractivity contribution in [3.05, 3.63) is 0 Å². The Morgan fingerprint density at radius 2 is 1.61 bits per heavy atom. The summed E-state index contributed by atoms with van der Waals surface area (Å²) in [7, 11) is 0. The van der Waals surface area contributed by atoms with Gasteiger partial charge in [0, 0.05) is 37.1 Å². The summed E-state index contributed by atoms with van der Waals surface area (Å²) < 4.78 is 17.9. The summed E-state index contributed by atoms with van der Waals surface area (Å²) >= 11 is 0. The quantitative estimate of drug-likeness (QED) is 0.100. The highest BCUT2D eigenvalue weighted by Crippen LogP contribution is 2.36. The van der Waals surface area contributed by atoms with E-state index in [2.05, 4.69) is 10.6 Å². The minimum atomic E-state index is -1.48. The third kappa shape index (κ3) is 7.37. The summed E-state index contributed by atoms with van der Waals surface area (Å²) in [5.74, 6) is -0.677. The summed E-state index contributed by atoms with van der Waals surface area (Å²) in [4.78, 5) is 0. The van der Waals surface area contributed by atoms with Crippen LogP contribution in [0.5, 0.6) is 0 Å². The molecule has 15 nitrogen and oxygen atoms in total. The normalized spacial score (nSPS) is 44.4. The third-order valence-corrected chi connectivity index (χ3v) is 7.90. The van der Waals surface area contributed by atoms with Crippen molar-refractivity contribution in [3.63, 3.8) is 0 Å². The molecule has 3 rings (SSSR count). The van der Waals surface area contributed by atoms with Crippen molar-refractivity contribution in [2.75, 3.05) is 39.5 Å². The highest BCUT2D eigenvalue weighted by atomic mass is 16.7. The maximum atomic E-state index is 11.6. The van der Waals surface area contributed by atoms with Crippen LogP contribution < -0.4 is 27.8 Å². The first-order chi connectivity index (χ1) is 18.2. The van der Waals surface area contributed by atoms with Crippen LogP contribution in [-0.4, -0.2) is 154 Å². The zero-order chi connectivity index (χ0) is 28.0. The highest BCUT2D eigenvalue weighted by Gasteiger charge is 2.52. The fourth-order valence-electron chi connectivity index (χ4n) is 5.72. The molecule has 13 atom stereocenters. The van der Waals surface area contributed by atoms with Gasteiger partial charge < -0.3 is 77.8 Å². The molecule has 3 fully saturated rings. The van der Waals surface area contributed by atoms with E-state index in [-0.39, 0.29) is 32.3 Å². The lowest BCUT2D eigenvalue weighted by atomic mass is 9.72. The van der Waals surface area contributed by atoms with E-state index in [0.717, 1.165) is 0 Å². The highest BCUT2D eigenvalue weighted by molar-refractivity contribution is 5.05. The van der Waals surface area contributed by atoms with Crippen molar-refractivity contribution in [2.24, 2.45) is 23.1 Å². The van der Waals surface area contributed by atoms with Crippen LogP contribution in [0, 0.1) is 5.92 Å². The Bertz CT molecular complexity index is 695. The van der Waals surface area contributed by atoms with Gasteiger partial charge in [0.15, 0.2) is 6.29 Å². The second kappa shape index (κ2) is 14.9. The van der Waals surface area contributed by atoms with Gasteiger partial charge in [0.2, 0.25) is 0 Å². The van der Waals surface area contributed by atoms with E-state index in [4.69, 9.17) is 36.5 Å². The summed E-state index contributed by atoms with van der Waals surface area (Å²) in [5, 5.41) is 76.5. The lowest BCUT2D eigenvalue weighted by Crippen LogP contribution is -2.69. The Morgan fingerprint density at radius 3 is 2.24 bits per heavy atom. The number of aliphatic hydroxyl groups excluding tert-OH is 7. The van der Waals surface area contributed by atoms with E-state index >= 15 is 0 Å². The van der Waals surface area contributed by atoms with E-state index in [1.807, 2.05) is 0 Å². The molecule has 38 heavy (non-hydrogen) atoms. The SMILES string of the molecule is N[C@@H]1[C@@H](O)[C@@H](O[C@H]2[C@H](NC(CO)CO)C[C@H](N)C([C@H]3O[C@H](CNCCO)CC[C@H]3N)[C@@H]2O)O[C@H](CO)[C@H]1O. The number of hydrogen-bond donors (Lipinski definition) is 12. The van der Waals surface area contributed by atoms with Gasteiger partial charge in [-0.3, -0.25) is 0 Å². The molecule has 2 heterocycles.